The van der Waals surface area contributed by atoms with Crippen LogP contribution in [0.1, 0.15) is 44.6 Å². The second kappa shape index (κ2) is 12.7. The quantitative estimate of drug-likeness (QED) is 0.561. The van der Waals surface area contributed by atoms with Crippen LogP contribution in [0.3, 0.4) is 0 Å². The first kappa shape index (κ1) is 18.0. The zero-order chi connectivity index (χ0) is 15.2. The smallest absolute Gasteiger partial charge is 0.119 e. The molecule has 0 saturated heterocycles. The maximum atomic E-state index is 5.76. The summed E-state index contributed by atoms with van der Waals surface area (Å²) in [7, 11) is 1.73. The number of unbranched alkanes of at least 4 members (excludes halogenated alkanes) is 3. The lowest BCUT2D eigenvalue weighted by atomic mass is 10.1. The number of benzene rings is 1. The number of methoxy groups -OCH3 is 1. The molecule has 0 aliphatic carbocycles. The van der Waals surface area contributed by atoms with Gasteiger partial charge in [-0.15, -0.1) is 0 Å². The highest BCUT2D eigenvalue weighted by molar-refractivity contribution is 5.27. The van der Waals surface area contributed by atoms with E-state index in [0.717, 1.165) is 44.9 Å². The van der Waals surface area contributed by atoms with E-state index in [-0.39, 0.29) is 0 Å². The largest absolute Gasteiger partial charge is 0.494 e. The van der Waals surface area contributed by atoms with Crippen molar-refractivity contribution in [1.82, 2.24) is 5.32 Å². The maximum Gasteiger partial charge on any atom is 0.119 e. The molecule has 1 rings (SSSR count). The molecule has 0 aromatic heterocycles. The van der Waals surface area contributed by atoms with Crippen LogP contribution >= 0.6 is 0 Å². The Morgan fingerprint density at radius 2 is 1.67 bits per heavy atom. The molecule has 0 atom stereocenters. The van der Waals surface area contributed by atoms with E-state index >= 15 is 0 Å². The molecule has 0 fully saturated rings. The van der Waals surface area contributed by atoms with Crippen LogP contribution in [0.2, 0.25) is 0 Å². The van der Waals surface area contributed by atoms with E-state index in [1.165, 1.54) is 31.2 Å². The molecule has 3 heteroatoms. The van der Waals surface area contributed by atoms with Gasteiger partial charge in [0.25, 0.3) is 0 Å². The van der Waals surface area contributed by atoms with Crippen molar-refractivity contribution in [2.24, 2.45) is 0 Å². The molecule has 0 unspecified atom stereocenters. The molecule has 0 heterocycles. The highest BCUT2D eigenvalue weighted by atomic mass is 16.5. The first-order valence-electron chi connectivity index (χ1n) is 8.28. The predicted octanol–water partition coefficient (Wildman–Crippen LogP) is 3.81. The van der Waals surface area contributed by atoms with Crippen molar-refractivity contribution in [3.05, 3.63) is 29.8 Å². The molecule has 0 saturated carbocycles. The van der Waals surface area contributed by atoms with E-state index in [1.54, 1.807) is 7.11 Å². The van der Waals surface area contributed by atoms with E-state index in [1.807, 2.05) is 0 Å². The summed E-state index contributed by atoms with van der Waals surface area (Å²) in [5.41, 5.74) is 1.30. The SMILES string of the molecule is CCCNCCCCCCOc1ccc(CCOC)cc1. The molecule has 120 valence electrons. The number of nitrogens with one attached hydrogen (secondary N) is 1. The fourth-order valence-corrected chi connectivity index (χ4v) is 2.17. The third kappa shape index (κ3) is 9.48. The van der Waals surface area contributed by atoms with Crippen molar-refractivity contribution in [3.63, 3.8) is 0 Å². The molecule has 21 heavy (non-hydrogen) atoms. The average Bonchev–Trinajstić information content (AvgIpc) is 2.52. The summed E-state index contributed by atoms with van der Waals surface area (Å²) in [6, 6.07) is 8.35. The molecule has 3 nitrogen and oxygen atoms in total. The van der Waals surface area contributed by atoms with Crippen LogP contribution in [-0.4, -0.2) is 33.4 Å². The summed E-state index contributed by atoms with van der Waals surface area (Å²) in [6.45, 7) is 6.09. The third-order valence-electron chi connectivity index (χ3n) is 3.46. The van der Waals surface area contributed by atoms with Crippen LogP contribution in [0.5, 0.6) is 5.75 Å². The molecule has 0 radical (unpaired) electrons. The molecule has 0 bridgehead atoms. The van der Waals surface area contributed by atoms with E-state index in [2.05, 4.69) is 36.5 Å². The minimum absolute atomic E-state index is 0.771. The summed E-state index contributed by atoms with van der Waals surface area (Å²) in [4.78, 5) is 0. The Morgan fingerprint density at radius 1 is 0.905 bits per heavy atom. The number of ether oxygens (including phenoxy) is 2. The van der Waals surface area contributed by atoms with Gasteiger partial charge in [-0.2, -0.15) is 0 Å². The zero-order valence-electron chi connectivity index (χ0n) is 13.7. The Morgan fingerprint density at radius 3 is 2.38 bits per heavy atom. The summed E-state index contributed by atoms with van der Waals surface area (Å²) < 4.78 is 10.8. The summed E-state index contributed by atoms with van der Waals surface area (Å²) in [5.74, 6) is 0.973. The monoisotopic (exact) mass is 293 g/mol. The molecule has 0 amide bonds. The van der Waals surface area contributed by atoms with Gasteiger partial charge in [0.2, 0.25) is 0 Å². The van der Waals surface area contributed by atoms with Crippen molar-refractivity contribution < 1.29 is 9.47 Å². The lowest BCUT2D eigenvalue weighted by Gasteiger charge is -2.07. The van der Waals surface area contributed by atoms with Gasteiger partial charge < -0.3 is 14.8 Å². The van der Waals surface area contributed by atoms with Crippen LogP contribution in [0.4, 0.5) is 0 Å². The van der Waals surface area contributed by atoms with Crippen molar-refractivity contribution in [2.75, 3.05) is 33.4 Å². The van der Waals surface area contributed by atoms with Crippen LogP contribution in [0, 0.1) is 0 Å². The molecule has 1 N–H and O–H groups in total. The molecular weight excluding hydrogens is 262 g/mol. The highest BCUT2D eigenvalue weighted by Crippen LogP contribution is 2.13. The fourth-order valence-electron chi connectivity index (χ4n) is 2.17. The fraction of sp³-hybridized carbons (Fsp3) is 0.667. The maximum absolute atomic E-state index is 5.76. The lowest BCUT2D eigenvalue weighted by Crippen LogP contribution is -2.15. The molecule has 1 aromatic rings. The third-order valence-corrected chi connectivity index (χ3v) is 3.46. The molecule has 1 aromatic carbocycles. The van der Waals surface area contributed by atoms with Gasteiger partial charge in [0.15, 0.2) is 0 Å². The normalized spacial score (nSPS) is 10.8. The Kier molecular flexibility index (Phi) is 10.8. The number of hydrogen-bond acceptors (Lipinski definition) is 3. The minimum Gasteiger partial charge on any atom is -0.494 e. The predicted molar refractivity (Wildman–Crippen MR) is 89.1 cm³/mol. The van der Waals surface area contributed by atoms with Crippen molar-refractivity contribution in [3.8, 4) is 5.75 Å². The zero-order valence-corrected chi connectivity index (χ0v) is 13.7. The van der Waals surface area contributed by atoms with Crippen LogP contribution in [0.15, 0.2) is 24.3 Å². The minimum atomic E-state index is 0.771. The van der Waals surface area contributed by atoms with Crippen LogP contribution in [-0.2, 0) is 11.2 Å². The number of rotatable bonds is 13. The summed E-state index contributed by atoms with van der Waals surface area (Å²) >= 11 is 0. The van der Waals surface area contributed by atoms with Gasteiger partial charge in [-0.05, 0) is 56.5 Å². The van der Waals surface area contributed by atoms with Gasteiger partial charge in [-0.25, -0.2) is 0 Å². The van der Waals surface area contributed by atoms with Gasteiger partial charge >= 0.3 is 0 Å². The van der Waals surface area contributed by atoms with Gasteiger partial charge in [-0.3, -0.25) is 0 Å². The van der Waals surface area contributed by atoms with E-state index in [4.69, 9.17) is 9.47 Å². The lowest BCUT2D eigenvalue weighted by molar-refractivity contribution is 0.202. The first-order chi connectivity index (χ1) is 10.4. The topological polar surface area (TPSA) is 30.5 Å². The van der Waals surface area contributed by atoms with E-state index in [9.17, 15) is 0 Å². The first-order valence-corrected chi connectivity index (χ1v) is 8.28. The Labute approximate surface area is 130 Å². The molecular formula is C18H31NO2. The highest BCUT2D eigenvalue weighted by Gasteiger charge is 1.96. The second-order valence-electron chi connectivity index (χ2n) is 5.40. The van der Waals surface area contributed by atoms with Crippen molar-refractivity contribution >= 4 is 0 Å². The standard InChI is InChI=1S/C18H31NO2/c1-3-13-19-14-6-4-5-7-15-21-18-10-8-17(9-11-18)12-16-20-2/h8-11,19H,3-7,12-16H2,1-2H3. The van der Waals surface area contributed by atoms with Crippen LogP contribution in [0.25, 0.3) is 0 Å². The van der Waals surface area contributed by atoms with Gasteiger partial charge in [-0.1, -0.05) is 31.9 Å². The van der Waals surface area contributed by atoms with E-state index in [0.29, 0.717) is 0 Å². The van der Waals surface area contributed by atoms with E-state index < -0.39 is 0 Å². The van der Waals surface area contributed by atoms with Crippen LogP contribution < -0.4 is 10.1 Å². The van der Waals surface area contributed by atoms with Gasteiger partial charge in [0.1, 0.15) is 5.75 Å². The molecule has 0 aliphatic rings. The summed E-state index contributed by atoms with van der Waals surface area (Å²) in [5, 5.41) is 3.43. The summed E-state index contributed by atoms with van der Waals surface area (Å²) in [6.07, 6.45) is 7.13. The van der Waals surface area contributed by atoms with Gasteiger partial charge in [0, 0.05) is 7.11 Å². The molecule has 0 aliphatic heterocycles. The Balaban J connectivity index is 1.99. The number of hydrogen-bond donors (Lipinski definition) is 1. The average molecular weight is 293 g/mol. The van der Waals surface area contributed by atoms with Crippen molar-refractivity contribution in [1.29, 1.82) is 0 Å². The van der Waals surface area contributed by atoms with Crippen molar-refractivity contribution in [2.45, 2.75) is 45.4 Å². The Hall–Kier alpha value is -1.06. The molecule has 0 spiro atoms. The Bertz CT molecular complexity index is 338. The second-order valence-corrected chi connectivity index (χ2v) is 5.40. The van der Waals surface area contributed by atoms with Gasteiger partial charge in [0.05, 0.1) is 13.2 Å².